The molecule has 0 fully saturated rings. The highest BCUT2D eigenvalue weighted by Crippen LogP contribution is 2.40. The molecule has 2 heterocycles. The van der Waals surface area contributed by atoms with Gasteiger partial charge in [-0.15, -0.1) is 0 Å². The van der Waals surface area contributed by atoms with E-state index in [4.69, 9.17) is 14.2 Å². The summed E-state index contributed by atoms with van der Waals surface area (Å²) >= 11 is 0. The van der Waals surface area contributed by atoms with E-state index in [1.165, 1.54) is 0 Å². The average Bonchev–Trinajstić information content (AvgIpc) is 2.78. The van der Waals surface area contributed by atoms with E-state index in [1.54, 1.807) is 45.7 Å². The normalized spacial score (nSPS) is 10.6. The summed E-state index contributed by atoms with van der Waals surface area (Å²) < 4.78 is 16.2. The molecule has 0 saturated heterocycles. The number of hydrogen-bond donors (Lipinski definition) is 2. The minimum Gasteiger partial charge on any atom is -0.493 e. The van der Waals surface area contributed by atoms with E-state index in [0.29, 0.717) is 34.7 Å². The van der Waals surface area contributed by atoms with Crippen molar-refractivity contribution in [3.05, 3.63) is 60.4 Å². The van der Waals surface area contributed by atoms with Crippen molar-refractivity contribution in [1.29, 1.82) is 0 Å². The molecule has 2 aromatic heterocycles. The average molecular weight is 417 g/mol. The van der Waals surface area contributed by atoms with Crippen LogP contribution in [0.4, 0.5) is 23.1 Å². The number of anilines is 4. The highest BCUT2D eigenvalue weighted by molar-refractivity contribution is 5.83. The third-order valence-electron chi connectivity index (χ3n) is 4.68. The second kappa shape index (κ2) is 8.74. The Labute approximate surface area is 180 Å². The quantitative estimate of drug-likeness (QED) is 0.441. The Kier molecular flexibility index (Phi) is 5.70. The van der Waals surface area contributed by atoms with Crippen molar-refractivity contribution in [3.63, 3.8) is 0 Å². The molecule has 0 bridgehead atoms. The summed E-state index contributed by atoms with van der Waals surface area (Å²) in [6.07, 6.45) is 1.68. The zero-order valence-corrected chi connectivity index (χ0v) is 17.8. The smallest absolute Gasteiger partial charge is 0.229 e. The van der Waals surface area contributed by atoms with E-state index in [2.05, 4.69) is 31.7 Å². The van der Waals surface area contributed by atoms with E-state index < -0.39 is 0 Å². The van der Waals surface area contributed by atoms with Crippen LogP contribution in [0.2, 0.25) is 0 Å². The molecule has 0 aliphatic carbocycles. The number of aromatic nitrogens is 3. The zero-order chi connectivity index (χ0) is 21.8. The Morgan fingerprint density at radius 2 is 1.52 bits per heavy atom. The van der Waals surface area contributed by atoms with Gasteiger partial charge in [-0.3, -0.25) is 4.98 Å². The SMILES string of the molecule is COc1cc(Nc2nccc(Nc3ccc4nc(C)ccc4c3)n2)cc(OC)c1OC. The molecule has 4 rings (SSSR count). The lowest BCUT2D eigenvalue weighted by Gasteiger charge is -2.15. The molecule has 0 aliphatic heterocycles. The third-order valence-corrected chi connectivity index (χ3v) is 4.68. The topological polar surface area (TPSA) is 90.4 Å². The van der Waals surface area contributed by atoms with Gasteiger partial charge in [0.05, 0.1) is 26.8 Å². The van der Waals surface area contributed by atoms with Crippen molar-refractivity contribution in [3.8, 4) is 17.2 Å². The summed E-state index contributed by atoms with van der Waals surface area (Å²) in [5.74, 6) is 2.69. The molecule has 0 unspecified atom stereocenters. The second-order valence-corrected chi connectivity index (χ2v) is 6.79. The molecule has 0 atom stereocenters. The van der Waals surface area contributed by atoms with Crippen LogP contribution in [-0.4, -0.2) is 36.3 Å². The van der Waals surface area contributed by atoms with Gasteiger partial charge in [-0.05, 0) is 37.3 Å². The first-order chi connectivity index (χ1) is 15.1. The van der Waals surface area contributed by atoms with E-state index in [9.17, 15) is 0 Å². The predicted octanol–water partition coefficient (Wildman–Crippen LogP) is 4.85. The van der Waals surface area contributed by atoms with Crippen LogP contribution in [0.5, 0.6) is 17.2 Å². The van der Waals surface area contributed by atoms with Crippen molar-refractivity contribution >= 4 is 34.0 Å². The Hall–Kier alpha value is -4.07. The minimum atomic E-state index is 0.428. The van der Waals surface area contributed by atoms with Gasteiger partial charge in [-0.2, -0.15) is 4.98 Å². The minimum absolute atomic E-state index is 0.428. The fourth-order valence-corrected chi connectivity index (χ4v) is 3.22. The zero-order valence-electron chi connectivity index (χ0n) is 17.8. The number of hydrogen-bond acceptors (Lipinski definition) is 8. The molecule has 8 heteroatoms. The Morgan fingerprint density at radius 3 is 2.23 bits per heavy atom. The van der Waals surface area contributed by atoms with Gasteiger partial charge >= 0.3 is 0 Å². The summed E-state index contributed by atoms with van der Waals surface area (Å²) in [7, 11) is 4.71. The largest absolute Gasteiger partial charge is 0.493 e. The fraction of sp³-hybridized carbons (Fsp3) is 0.174. The molecule has 31 heavy (non-hydrogen) atoms. The van der Waals surface area contributed by atoms with Crippen LogP contribution >= 0.6 is 0 Å². The first-order valence-electron chi connectivity index (χ1n) is 9.64. The number of benzene rings is 2. The van der Waals surface area contributed by atoms with Gasteiger partial charge in [-0.1, -0.05) is 6.07 Å². The lowest BCUT2D eigenvalue weighted by Crippen LogP contribution is -2.02. The first kappa shape index (κ1) is 20.2. The Bertz CT molecular complexity index is 1200. The number of aryl methyl sites for hydroxylation is 1. The Balaban J connectivity index is 1.57. The molecular weight excluding hydrogens is 394 g/mol. The van der Waals surface area contributed by atoms with Gasteiger partial charge < -0.3 is 24.8 Å². The molecule has 2 N–H and O–H groups in total. The summed E-state index contributed by atoms with van der Waals surface area (Å²) in [5.41, 5.74) is 3.57. The summed E-state index contributed by atoms with van der Waals surface area (Å²) in [4.78, 5) is 13.4. The maximum Gasteiger partial charge on any atom is 0.229 e. The van der Waals surface area contributed by atoms with Gasteiger partial charge in [0.25, 0.3) is 0 Å². The van der Waals surface area contributed by atoms with E-state index in [1.807, 2.05) is 31.2 Å². The highest BCUT2D eigenvalue weighted by Gasteiger charge is 2.14. The van der Waals surface area contributed by atoms with Crippen LogP contribution < -0.4 is 24.8 Å². The molecule has 0 aliphatic rings. The second-order valence-electron chi connectivity index (χ2n) is 6.79. The fourth-order valence-electron chi connectivity index (χ4n) is 3.22. The highest BCUT2D eigenvalue weighted by atomic mass is 16.5. The lowest BCUT2D eigenvalue weighted by molar-refractivity contribution is 0.324. The van der Waals surface area contributed by atoms with Crippen molar-refractivity contribution < 1.29 is 14.2 Å². The number of nitrogens with zero attached hydrogens (tertiary/aromatic N) is 3. The monoisotopic (exact) mass is 417 g/mol. The maximum atomic E-state index is 5.40. The number of methoxy groups -OCH3 is 3. The lowest BCUT2D eigenvalue weighted by atomic mass is 10.2. The van der Waals surface area contributed by atoms with E-state index in [0.717, 1.165) is 22.3 Å². The van der Waals surface area contributed by atoms with E-state index in [-0.39, 0.29) is 0 Å². The molecule has 2 aromatic carbocycles. The number of nitrogens with one attached hydrogen (secondary N) is 2. The standard InChI is InChI=1S/C23H23N5O3/c1-14-5-6-15-11-16(7-8-18(15)25-14)26-21-9-10-24-23(28-21)27-17-12-19(29-2)22(31-4)20(13-17)30-3/h5-13H,1-4H3,(H2,24,26,27,28). The maximum absolute atomic E-state index is 5.40. The van der Waals surface area contributed by atoms with Crippen LogP contribution in [0.15, 0.2) is 54.7 Å². The van der Waals surface area contributed by atoms with Crippen LogP contribution in [0.3, 0.4) is 0 Å². The summed E-state index contributed by atoms with van der Waals surface area (Å²) in [6.45, 7) is 1.98. The van der Waals surface area contributed by atoms with Gasteiger partial charge in [0.1, 0.15) is 5.82 Å². The van der Waals surface area contributed by atoms with Gasteiger partial charge in [-0.25, -0.2) is 4.98 Å². The number of rotatable bonds is 7. The molecule has 158 valence electrons. The molecule has 4 aromatic rings. The number of fused-ring (bicyclic) bond motifs is 1. The molecule has 0 spiro atoms. The number of ether oxygens (including phenoxy) is 3. The molecule has 8 nitrogen and oxygen atoms in total. The summed E-state index contributed by atoms with van der Waals surface area (Å²) in [5, 5.41) is 7.55. The van der Waals surface area contributed by atoms with Crippen molar-refractivity contribution in [1.82, 2.24) is 15.0 Å². The van der Waals surface area contributed by atoms with Gasteiger partial charge in [0, 0.05) is 40.8 Å². The first-order valence-corrected chi connectivity index (χ1v) is 9.64. The van der Waals surface area contributed by atoms with Crippen LogP contribution in [0, 0.1) is 6.92 Å². The van der Waals surface area contributed by atoms with E-state index >= 15 is 0 Å². The van der Waals surface area contributed by atoms with Gasteiger partial charge in [0.2, 0.25) is 11.7 Å². The third kappa shape index (κ3) is 4.42. The Morgan fingerprint density at radius 1 is 0.742 bits per heavy atom. The van der Waals surface area contributed by atoms with Crippen molar-refractivity contribution in [2.24, 2.45) is 0 Å². The molecule has 0 radical (unpaired) electrons. The van der Waals surface area contributed by atoms with Crippen molar-refractivity contribution in [2.45, 2.75) is 6.92 Å². The van der Waals surface area contributed by atoms with Crippen molar-refractivity contribution in [2.75, 3.05) is 32.0 Å². The molecule has 0 amide bonds. The van der Waals surface area contributed by atoms with Gasteiger partial charge in [0.15, 0.2) is 11.5 Å². The van der Waals surface area contributed by atoms with Crippen LogP contribution in [0.25, 0.3) is 10.9 Å². The number of pyridine rings is 1. The van der Waals surface area contributed by atoms with Crippen LogP contribution in [-0.2, 0) is 0 Å². The molecule has 0 saturated carbocycles. The van der Waals surface area contributed by atoms with Crippen LogP contribution in [0.1, 0.15) is 5.69 Å². The summed E-state index contributed by atoms with van der Waals surface area (Å²) in [6, 6.07) is 15.4. The predicted molar refractivity (Wildman–Crippen MR) is 121 cm³/mol. The molecular formula is C23H23N5O3.